The fourth-order valence-electron chi connectivity index (χ4n) is 5.09. The van der Waals surface area contributed by atoms with Gasteiger partial charge in [-0.2, -0.15) is 10.5 Å². The van der Waals surface area contributed by atoms with Crippen LogP contribution >= 0.6 is 11.8 Å². The highest BCUT2D eigenvalue weighted by Crippen LogP contribution is 2.79. The number of rotatable bonds is 2. The molecule has 1 heterocycles. The first-order valence-electron chi connectivity index (χ1n) is 7.63. The summed E-state index contributed by atoms with van der Waals surface area (Å²) < 4.78 is 8.37. The molecule has 7 nitrogen and oxygen atoms in total. The molecule has 0 aromatic heterocycles. The highest BCUT2D eigenvalue weighted by molar-refractivity contribution is 8.01. The predicted octanol–water partition coefficient (Wildman–Crippen LogP) is 1.47. The molecule has 134 valence electrons. The van der Waals surface area contributed by atoms with Gasteiger partial charge in [-0.1, -0.05) is 27.7 Å². The van der Waals surface area contributed by atoms with E-state index in [9.17, 15) is 24.9 Å². The van der Waals surface area contributed by atoms with E-state index in [1.54, 1.807) is 27.7 Å². The van der Waals surface area contributed by atoms with E-state index in [1.165, 1.54) is 0 Å². The molecule has 2 rings (SSSR count). The van der Waals surface area contributed by atoms with E-state index < -0.39 is 38.3 Å². The Labute approximate surface area is 150 Å². The summed E-state index contributed by atoms with van der Waals surface area (Å²) in [4.78, 5) is 38.3. The van der Waals surface area contributed by atoms with E-state index in [-0.39, 0.29) is 11.5 Å². The van der Waals surface area contributed by atoms with Crippen LogP contribution in [0.15, 0.2) is 0 Å². The first kappa shape index (κ1) is 19.3. The Balaban J connectivity index is 2.98. The van der Waals surface area contributed by atoms with Crippen LogP contribution in [0.25, 0.3) is 0 Å². The molecule has 2 aliphatic rings. The van der Waals surface area contributed by atoms with Crippen molar-refractivity contribution in [2.45, 2.75) is 32.4 Å². The number of hydrogen-bond acceptors (Lipinski definition) is 8. The molecular formula is C17H20N2O5S. The molecule has 0 aromatic rings. The second-order valence-corrected chi connectivity index (χ2v) is 8.60. The monoisotopic (exact) mass is 364 g/mol. The SMILES string of the molecule is COC(=O)[C@@]1(C#N)C2(SC[C@]1(C#N)C(=O)OC)C(C)(C)C(=O)C2(C)C. The molecular weight excluding hydrogens is 344 g/mol. The normalized spacial score (nSPS) is 33.7. The third-order valence-corrected chi connectivity index (χ3v) is 8.29. The quantitative estimate of drug-likeness (QED) is 0.676. The first-order valence-corrected chi connectivity index (χ1v) is 8.62. The van der Waals surface area contributed by atoms with Gasteiger partial charge in [0.2, 0.25) is 5.41 Å². The van der Waals surface area contributed by atoms with Crippen LogP contribution in [0.3, 0.4) is 0 Å². The molecule has 0 amide bonds. The van der Waals surface area contributed by atoms with E-state index in [0.29, 0.717) is 0 Å². The second-order valence-electron chi connectivity index (χ2n) is 7.41. The molecule has 0 bridgehead atoms. The smallest absolute Gasteiger partial charge is 0.330 e. The molecule has 1 aliphatic heterocycles. The minimum Gasteiger partial charge on any atom is -0.468 e. The molecule has 0 N–H and O–H groups in total. The van der Waals surface area contributed by atoms with Crippen LogP contribution in [0.4, 0.5) is 0 Å². The van der Waals surface area contributed by atoms with Crippen molar-refractivity contribution < 1.29 is 23.9 Å². The van der Waals surface area contributed by atoms with Crippen molar-refractivity contribution in [3.8, 4) is 12.1 Å². The average Bonchev–Trinajstić information content (AvgIpc) is 2.93. The van der Waals surface area contributed by atoms with Gasteiger partial charge in [-0.3, -0.25) is 14.4 Å². The van der Waals surface area contributed by atoms with Crippen LogP contribution in [0.1, 0.15) is 27.7 Å². The third kappa shape index (κ3) is 1.55. The van der Waals surface area contributed by atoms with Crippen molar-refractivity contribution in [1.82, 2.24) is 0 Å². The van der Waals surface area contributed by atoms with Crippen molar-refractivity contribution in [2.75, 3.05) is 20.0 Å². The second kappa shape index (κ2) is 5.22. The Morgan fingerprint density at radius 1 is 1.00 bits per heavy atom. The number of hydrogen-bond donors (Lipinski definition) is 0. The van der Waals surface area contributed by atoms with Crippen LogP contribution < -0.4 is 0 Å². The molecule has 8 heteroatoms. The largest absolute Gasteiger partial charge is 0.468 e. The minimum atomic E-state index is -2.18. The van der Waals surface area contributed by atoms with Gasteiger partial charge >= 0.3 is 11.9 Å². The van der Waals surface area contributed by atoms with Gasteiger partial charge in [0.1, 0.15) is 5.78 Å². The summed E-state index contributed by atoms with van der Waals surface area (Å²) in [6, 6.07) is 3.81. The van der Waals surface area contributed by atoms with Crippen molar-refractivity contribution >= 4 is 29.5 Å². The highest BCUT2D eigenvalue weighted by atomic mass is 32.2. The number of carbonyl (C=O) groups excluding carboxylic acids is 3. The fraction of sp³-hybridized carbons (Fsp3) is 0.706. The van der Waals surface area contributed by atoms with Gasteiger partial charge in [-0.05, 0) is 0 Å². The number of methoxy groups -OCH3 is 2. The summed E-state index contributed by atoms with van der Waals surface area (Å²) in [5.41, 5.74) is -6.47. The topological polar surface area (TPSA) is 117 Å². The van der Waals surface area contributed by atoms with Gasteiger partial charge in [0.05, 0.1) is 31.1 Å². The van der Waals surface area contributed by atoms with E-state index in [4.69, 9.17) is 9.47 Å². The van der Waals surface area contributed by atoms with Crippen LogP contribution in [-0.4, -0.2) is 42.4 Å². The lowest BCUT2D eigenvalue weighted by Crippen LogP contribution is -2.80. The van der Waals surface area contributed by atoms with Crippen molar-refractivity contribution in [3.63, 3.8) is 0 Å². The molecule has 0 unspecified atom stereocenters. The number of Topliss-reactive ketones (excluding diaryl/α,β-unsaturated/α-hetero) is 1. The highest BCUT2D eigenvalue weighted by Gasteiger charge is 2.91. The van der Waals surface area contributed by atoms with Crippen LogP contribution in [0, 0.1) is 44.3 Å². The fourth-order valence-corrected chi connectivity index (χ4v) is 7.35. The lowest BCUT2D eigenvalue weighted by atomic mass is 9.36. The Morgan fingerprint density at radius 2 is 1.48 bits per heavy atom. The summed E-state index contributed by atoms with van der Waals surface area (Å²) >= 11 is 1.13. The Hall–Kier alpha value is -2.06. The number of ketones is 1. The summed E-state index contributed by atoms with van der Waals surface area (Å²) in [6.45, 7) is 6.53. The summed E-state index contributed by atoms with van der Waals surface area (Å²) in [7, 11) is 2.19. The lowest BCUT2D eigenvalue weighted by Gasteiger charge is -2.67. The number of nitriles is 2. The Bertz CT molecular complexity index is 742. The zero-order valence-electron chi connectivity index (χ0n) is 15.1. The van der Waals surface area contributed by atoms with Crippen molar-refractivity contribution in [1.29, 1.82) is 10.5 Å². The lowest BCUT2D eigenvalue weighted by molar-refractivity contribution is -0.190. The van der Waals surface area contributed by atoms with E-state index >= 15 is 0 Å². The third-order valence-electron chi connectivity index (χ3n) is 5.95. The maximum absolute atomic E-state index is 12.9. The van der Waals surface area contributed by atoms with Gasteiger partial charge in [-0.25, -0.2) is 0 Å². The summed E-state index contributed by atoms with van der Waals surface area (Å²) in [5.74, 6) is -2.26. The first-order chi connectivity index (χ1) is 11.4. The maximum Gasteiger partial charge on any atom is 0.330 e. The van der Waals surface area contributed by atoms with E-state index in [2.05, 4.69) is 0 Å². The zero-order chi connectivity index (χ0) is 19.5. The summed E-state index contributed by atoms with van der Waals surface area (Å²) in [5, 5.41) is 20.0. The number of ether oxygens (including phenoxy) is 2. The molecule has 25 heavy (non-hydrogen) atoms. The van der Waals surface area contributed by atoms with Gasteiger partial charge in [0, 0.05) is 16.6 Å². The van der Waals surface area contributed by atoms with Crippen molar-refractivity contribution in [2.24, 2.45) is 21.7 Å². The Morgan fingerprint density at radius 3 is 1.84 bits per heavy atom. The maximum atomic E-state index is 12.9. The van der Waals surface area contributed by atoms with Crippen LogP contribution in [-0.2, 0) is 23.9 Å². The summed E-state index contributed by atoms with van der Waals surface area (Å²) in [6.07, 6.45) is 0. The number of esters is 2. The molecule has 1 aliphatic carbocycles. The average molecular weight is 364 g/mol. The zero-order valence-corrected chi connectivity index (χ0v) is 15.9. The van der Waals surface area contributed by atoms with Gasteiger partial charge in [0.25, 0.3) is 0 Å². The minimum absolute atomic E-state index is 0.140. The van der Waals surface area contributed by atoms with E-state index in [1.807, 2.05) is 12.1 Å². The number of carbonyl (C=O) groups is 3. The molecule has 1 saturated heterocycles. The molecule has 0 aromatic carbocycles. The standard InChI is InChI=1S/C17H20N2O5S/c1-13(2)10(20)14(3,4)17(13)16(8-19,12(22)24-6)15(7-18,9-25-17)11(21)23-5/h9H2,1-6H3/t15-,16-/m1/s1. The molecule has 1 spiro atoms. The molecule has 2 fully saturated rings. The Kier molecular flexibility index (Phi) is 4.02. The molecule has 2 atom stereocenters. The predicted molar refractivity (Wildman–Crippen MR) is 87.9 cm³/mol. The number of nitrogens with zero attached hydrogens (tertiary/aromatic N) is 2. The molecule has 0 radical (unpaired) electrons. The van der Waals surface area contributed by atoms with E-state index in [0.717, 1.165) is 26.0 Å². The van der Waals surface area contributed by atoms with Gasteiger partial charge in [0.15, 0.2) is 5.41 Å². The van der Waals surface area contributed by atoms with Crippen LogP contribution in [0.2, 0.25) is 0 Å². The molecule has 1 saturated carbocycles. The number of thioether (sulfide) groups is 1. The van der Waals surface area contributed by atoms with Gasteiger partial charge in [-0.15, -0.1) is 11.8 Å². The van der Waals surface area contributed by atoms with Gasteiger partial charge < -0.3 is 9.47 Å². The van der Waals surface area contributed by atoms with Crippen molar-refractivity contribution in [3.05, 3.63) is 0 Å². The van der Waals surface area contributed by atoms with Crippen LogP contribution in [0.5, 0.6) is 0 Å².